The molecule has 0 radical (unpaired) electrons. The number of hydrogen-bond donors (Lipinski definition) is 0. The van der Waals surface area contributed by atoms with Crippen LogP contribution < -0.4 is 9.64 Å². The molecule has 1 aromatic heterocycles. The quantitative estimate of drug-likeness (QED) is 0.754. The second kappa shape index (κ2) is 6.68. The van der Waals surface area contributed by atoms with Crippen molar-refractivity contribution in [2.75, 3.05) is 23.3 Å². The van der Waals surface area contributed by atoms with Gasteiger partial charge in [-0.25, -0.2) is 4.98 Å². The Morgan fingerprint density at radius 3 is 2.81 bits per heavy atom. The summed E-state index contributed by atoms with van der Waals surface area (Å²) in [5, 5.41) is 0.902. The minimum atomic E-state index is 0.133. The summed E-state index contributed by atoms with van der Waals surface area (Å²) in [6.45, 7) is 7.83. The Morgan fingerprint density at radius 1 is 1.50 bits per heavy atom. The van der Waals surface area contributed by atoms with E-state index in [2.05, 4.69) is 37.7 Å². The number of aromatic nitrogens is 2. The van der Waals surface area contributed by atoms with Crippen LogP contribution in [-0.2, 0) is 0 Å². The highest BCUT2D eigenvalue weighted by atomic mass is 79.9. The minimum absolute atomic E-state index is 0.133. The smallest absolute Gasteiger partial charge is 0.228 e. The summed E-state index contributed by atoms with van der Waals surface area (Å²) in [7, 11) is 0. The zero-order valence-electron chi connectivity index (χ0n) is 9.98. The Labute approximate surface area is 105 Å². The van der Waals surface area contributed by atoms with Gasteiger partial charge in [-0.05, 0) is 20.8 Å². The van der Waals surface area contributed by atoms with E-state index in [0.717, 1.165) is 24.4 Å². The second-order valence-electron chi connectivity index (χ2n) is 3.63. The molecule has 0 amide bonds. The molecule has 16 heavy (non-hydrogen) atoms. The van der Waals surface area contributed by atoms with Gasteiger partial charge in [-0.3, -0.25) is 0 Å². The lowest BCUT2D eigenvalue weighted by atomic mass is 10.5. The van der Waals surface area contributed by atoms with Gasteiger partial charge in [0.05, 0.1) is 6.10 Å². The van der Waals surface area contributed by atoms with Crippen LogP contribution >= 0.6 is 15.9 Å². The first kappa shape index (κ1) is 13.2. The molecule has 0 aliphatic rings. The van der Waals surface area contributed by atoms with Gasteiger partial charge in [-0.2, -0.15) is 4.98 Å². The maximum Gasteiger partial charge on any atom is 0.228 e. The van der Waals surface area contributed by atoms with Crippen LogP contribution in [0, 0.1) is 0 Å². The molecule has 0 aromatic carbocycles. The van der Waals surface area contributed by atoms with Crippen molar-refractivity contribution < 1.29 is 4.74 Å². The van der Waals surface area contributed by atoms with Crippen molar-refractivity contribution in [2.24, 2.45) is 0 Å². The summed E-state index contributed by atoms with van der Waals surface area (Å²) in [4.78, 5) is 10.7. The summed E-state index contributed by atoms with van der Waals surface area (Å²) in [6.07, 6.45) is 1.87. The molecule has 0 aliphatic carbocycles. The van der Waals surface area contributed by atoms with E-state index in [1.54, 1.807) is 12.3 Å². The molecule has 0 fully saturated rings. The average molecular weight is 288 g/mol. The SMILES string of the molecule is CCN(CCBr)c1nccc(OC(C)C)n1. The maximum absolute atomic E-state index is 5.54. The van der Waals surface area contributed by atoms with Crippen molar-refractivity contribution in [1.82, 2.24) is 9.97 Å². The van der Waals surface area contributed by atoms with Crippen LogP contribution in [0.4, 0.5) is 5.95 Å². The van der Waals surface area contributed by atoms with E-state index >= 15 is 0 Å². The van der Waals surface area contributed by atoms with Crippen LogP contribution in [0.25, 0.3) is 0 Å². The van der Waals surface area contributed by atoms with Gasteiger partial charge in [0.25, 0.3) is 0 Å². The number of alkyl halides is 1. The fourth-order valence-corrected chi connectivity index (χ4v) is 1.72. The molecule has 0 spiro atoms. The molecule has 0 saturated heterocycles. The number of halogens is 1. The molecule has 0 aliphatic heterocycles. The van der Waals surface area contributed by atoms with Crippen molar-refractivity contribution >= 4 is 21.9 Å². The van der Waals surface area contributed by atoms with Gasteiger partial charge in [0.2, 0.25) is 11.8 Å². The number of nitrogens with zero attached hydrogens (tertiary/aromatic N) is 3. The standard InChI is InChI=1S/C11H18BrN3O/c1-4-15(8-6-12)11-13-7-5-10(14-11)16-9(2)3/h5,7,9H,4,6,8H2,1-3H3. The van der Waals surface area contributed by atoms with Crippen molar-refractivity contribution in [3.63, 3.8) is 0 Å². The largest absolute Gasteiger partial charge is 0.475 e. The van der Waals surface area contributed by atoms with E-state index in [1.165, 1.54) is 0 Å². The second-order valence-corrected chi connectivity index (χ2v) is 4.42. The molecule has 5 heteroatoms. The first-order valence-electron chi connectivity index (χ1n) is 5.48. The van der Waals surface area contributed by atoms with Crippen LogP contribution in [0.5, 0.6) is 5.88 Å². The normalized spacial score (nSPS) is 10.6. The van der Waals surface area contributed by atoms with E-state index < -0.39 is 0 Å². The Balaban J connectivity index is 2.79. The van der Waals surface area contributed by atoms with Crippen LogP contribution in [0.1, 0.15) is 20.8 Å². The Hall–Kier alpha value is -0.840. The molecule has 0 bridgehead atoms. The van der Waals surface area contributed by atoms with Gasteiger partial charge in [0.15, 0.2) is 0 Å². The van der Waals surface area contributed by atoms with Gasteiger partial charge in [0.1, 0.15) is 0 Å². The predicted octanol–water partition coefficient (Wildman–Crippen LogP) is 2.49. The monoisotopic (exact) mass is 287 g/mol. The fourth-order valence-electron chi connectivity index (χ4n) is 1.29. The van der Waals surface area contributed by atoms with Crippen molar-refractivity contribution in [3.8, 4) is 5.88 Å². The zero-order valence-corrected chi connectivity index (χ0v) is 11.6. The van der Waals surface area contributed by atoms with Gasteiger partial charge in [-0.15, -0.1) is 0 Å². The van der Waals surface area contributed by atoms with Crippen molar-refractivity contribution in [3.05, 3.63) is 12.3 Å². The van der Waals surface area contributed by atoms with E-state index in [4.69, 9.17) is 4.74 Å². The van der Waals surface area contributed by atoms with Crippen LogP contribution in [0.15, 0.2) is 12.3 Å². The summed E-state index contributed by atoms with van der Waals surface area (Å²) < 4.78 is 5.54. The lowest BCUT2D eigenvalue weighted by molar-refractivity contribution is 0.232. The highest BCUT2D eigenvalue weighted by Gasteiger charge is 2.08. The number of rotatable bonds is 6. The topological polar surface area (TPSA) is 38.2 Å². The maximum atomic E-state index is 5.54. The van der Waals surface area contributed by atoms with E-state index in [-0.39, 0.29) is 6.10 Å². The number of ether oxygens (including phenoxy) is 1. The van der Waals surface area contributed by atoms with Gasteiger partial charge < -0.3 is 9.64 Å². The molecular formula is C11H18BrN3O. The lowest BCUT2D eigenvalue weighted by Crippen LogP contribution is -2.27. The molecule has 0 unspecified atom stereocenters. The molecule has 1 aromatic rings. The highest BCUT2D eigenvalue weighted by Crippen LogP contribution is 2.13. The molecule has 0 saturated carbocycles. The van der Waals surface area contributed by atoms with E-state index in [9.17, 15) is 0 Å². The minimum Gasteiger partial charge on any atom is -0.475 e. The Kier molecular flexibility index (Phi) is 5.52. The number of anilines is 1. The first-order valence-corrected chi connectivity index (χ1v) is 6.60. The number of hydrogen-bond acceptors (Lipinski definition) is 4. The Bertz CT molecular complexity index is 320. The molecule has 90 valence electrons. The third-order valence-corrected chi connectivity index (χ3v) is 2.35. The van der Waals surface area contributed by atoms with Gasteiger partial charge in [-0.1, -0.05) is 15.9 Å². The summed E-state index contributed by atoms with van der Waals surface area (Å²) in [5.74, 6) is 1.35. The summed E-state index contributed by atoms with van der Waals surface area (Å²) >= 11 is 3.42. The highest BCUT2D eigenvalue weighted by molar-refractivity contribution is 9.09. The molecule has 0 atom stereocenters. The summed E-state index contributed by atoms with van der Waals surface area (Å²) in [6, 6.07) is 1.78. The lowest BCUT2D eigenvalue weighted by Gasteiger charge is -2.20. The van der Waals surface area contributed by atoms with E-state index in [1.807, 2.05) is 13.8 Å². The summed E-state index contributed by atoms with van der Waals surface area (Å²) in [5.41, 5.74) is 0. The van der Waals surface area contributed by atoms with E-state index in [0.29, 0.717) is 5.88 Å². The van der Waals surface area contributed by atoms with Crippen molar-refractivity contribution in [2.45, 2.75) is 26.9 Å². The first-order chi connectivity index (χ1) is 7.67. The molecule has 4 nitrogen and oxygen atoms in total. The van der Waals surface area contributed by atoms with Crippen LogP contribution in [0.3, 0.4) is 0 Å². The third-order valence-electron chi connectivity index (χ3n) is 1.99. The fraction of sp³-hybridized carbons (Fsp3) is 0.636. The van der Waals surface area contributed by atoms with Crippen molar-refractivity contribution in [1.29, 1.82) is 0 Å². The van der Waals surface area contributed by atoms with Crippen LogP contribution in [0.2, 0.25) is 0 Å². The third kappa shape index (κ3) is 3.96. The van der Waals surface area contributed by atoms with Crippen LogP contribution in [-0.4, -0.2) is 34.5 Å². The molecular weight excluding hydrogens is 270 g/mol. The molecule has 0 N–H and O–H groups in total. The zero-order chi connectivity index (χ0) is 12.0. The average Bonchev–Trinajstić information content (AvgIpc) is 2.25. The Morgan fingerprint density at radius 2 is 2.25 bits per heavy atom. The molecule has 1 heterocycles. The molecule has 1 rings (SSSR count). The predicted molar refractivity (Wildman–Crippen MR) is 69.5 cm³/mol. The van der Waals surface area contributed by atoms with Gasteiger partial charge in [0, 0.05) is 30.7 Å². The van der Waals surface area contributed by atoms with Gasteiger partial charge >= 0.3 is 0 Å².